The second-order valence-electron chi connectivity index (χ2n) is 3.80. The Hall–Kier alpha value is -1.42. The fourth-order valence-electron chi connectivity index (χ4n) is 1.46. The second kappa shape index (κ2) is 5.07. The maximum Gasteiger partial charge on any atom is 0.185 e. The predicted octanol–water partition coefficient (Wildman–Crippen LogP) is 2.53. The molecule has 0 aliphatic heterocycles. The highest BCUT2D eigenvalue weighted by molar-refractivity contribution is 7.13. The summed E-state index contributed by atoms with van der Waals surface area (Å²) >= 11 is 1.70. The average Bonchev–Trinajstić information content (AvgIpc) is 2.74. The first-order valence-corrected chi connectivity index (χ1v) is 6.16. The smallest absolute Gasteiger partial charge is 0.185 e. The number of nitrogens with zero attached hydrogens (tertiary/aromatic N) is 3. The number of pyridine rings is 1. The lowest BCUT2D eigenvalue weighted by Gasteiger charge is -2.15. The minimum Gasteiger partial charge on any atom is -0.351 e. The summed E-state index contributed by atoms with van der Waals surface area (Å²) in [6, 6.07) is 4.11. The Kier molecular flexibility index (Phi) is 3.51. The van der Waals surface area contributed by atoms with Gasteiger partial charge in [0.1, 0.15) is 0 Å². The number of rotatable bonds is 4. The summed E-state index contributed by atoms with van der Waals surface area (Å²) in [4.78, 5) is 10.7. The highest BCUT2D eigenvalue weighted by Gasteiger charge is 2.04. The fourth-order valence-corrected chi connectivity index (χ4v) is 2.26. The highest BCUT2D eigenvalue weighted by atomic mass is 32.1. The van der Waals surface area contributed by atoms with Gasteiger partial charge in [-0.05, 0) is 31.0 Å². The minimum absolute atomic E-state index is 0.983. The molecule has 16 heavy (non-hydrogen) atoms. The molecular formula is C12H15N3S. The van der Waals surface area contributed by atoms with Gasteiger partial charge in [-0.15, -0.1) is 11.3 Å². The fraction of sp³-hybridized carbons (Fsp3) is 0.333. The van der Waals surface area contributed by atoms with Crippen molar-refractivity contribution >= 4 is 16.5 Å². The van der Waals surface area contributed by atoms with Crippen molar-refractivity contribution in [3.05, 3.63) is 41.2 Å². The zero-order valence-corrected chi connectivity index (χ0v) is 10.4. The Morgan fingerprint density at radius 1 is 1.31 bits per heavy atom. The van der Waals surface area contributed by atoms with Gasteiger partial charge in [0, 0.05) is 31.4 Å². The molecule has 0 unspecified atom stereocenters. The van der Waals surface area contributed by atoms with Crippen molar-refractivity contribution in [2.45, 2.75) is 13.3 Å². The maximum absolute atomic E-state index is 4.45. The standard InChI is InChI=1S/C12H15N3S/c1-10-9-16-12(14-10)15(2)8-5-11-3-6-13-7-4-11/h3-4,6-7,9H,5,8H2,1-2H3. The summed E-state index contributed by atoms with van der Waals surface area (Å²) in [6.07, 6.45) is 4.70. The SMILES string of the molecule is Cc1csc(N(C)CCc2ccncc2)n1. The normalized spacial score (nSPS) is 10.4. The van der Waals surface area contributed by atoms with Crippen molar-refractivity contribution in [3.8, 4) is 0 Å². The van der Waals surface area contributed by atoms with E-state index >= 15 is 0 Å². The van der Waals surface area contributed by atoms with Gasteiger partial charge >= 0.3 is 0 Å². The van der Waals surface area contributed by atoms with E-state index in [9.17, 15) is 0 Å². The van der Waals surface area contributed by atoms with Gasteiger partial charge in [-0.1, -0.05) is 0 Å². The zero-order valence-electron chi connectivity index (χ0n) is 9.55. The third-order valence-electron chi connectivity index (χ3n) is 2.42. The summed E-state index contributed by atoms with van der Waals surface area (Å²) in [5.41, 5.74) is 2.41. The summed E-state index contributed by atoms with van der Waals surface area (Å²) < 4.78 is 0. The van der Waals surface area contributed by atoms with Crippen LogP contribution in [0.15, 0.2) is 29.9 Å². The molecule has 2 heterocycles. The highest BCUT2D eigenvalue weighted by Crippen LogP contribution is 2.18. The van der Waals surface area contributed by atoms with E-state index in [0.29, 0.717) is 0 Å². The summed E-state index contributed by atoms with van der Waals surface area (Å²) in [7, 11) is 2.08. The molecule has 0 saturated heterocycles. The molecule has 0 aliphatic rings. The molecule has 2 aromatic rings. The van der Waals surface area contributed by atoms with Crippen LogP contribution < -0.4 is 4.90 Å². The number of thiazole rings is 1. The molecular weight excluding hydrogens is 218 g/mol. The summed E-state index contributed by atoms with van der Waals surface area (Å²) in [6.45, 7) is 3.01. The van der Waals surface area contributed by atoms with Gasteiger partial charge in [0.15, 0.2) is 5.13 Å². The number of aryl methyl sites for hydroxylation is 1. The van der Waals surface area contributed by atoms with Crippen molar-refractivity contribution < 1.29 is 0 Å². The Morgan fingerprint density at radius 2 is 2.06 bits per heavy atom. The van der Waals surface area contributed by atoms with E-state index in [1.165, 1.54) is 5.56 Å². The molecule has 2 aromatic heterocycles. The lowest BCUT2D eigenvalue weighted by atomic mass is 10.2. The van der Waals surface area contributed by atoms with Crippen LogP contribution in [0.4, 0.5) is 5.13 Å². The first kappa shape index (κ1) is 11.1. The van der Waals surface area contributed by atoms with E-state index in [1.54, 1.807) is 11.3 Å². The first-order valence-electron chi connectivity index (χ1n) is 5.28. The van der Waals surface area contributed by atoms with E-state index < -0.39 is 0 Å². The van der Waals surface area contributed by atoms with Crippen molar-refractivity contribution in [2.75, 3.05) is 18.5 Å². The number of hydrogen-bond donors (Lipinski definition) is 0. The maximum atomic E-state index is 4.45. The number of aromatic nitrogens is 2. The van der Waals surface area contributed by atoms with E-state index in [-0.39, 0.29) is 0 Å². The largest absolute Gasteiger partial charge is 0.351 e. The zero-order chi connectivity index (χ0) is 11.4. The third-order valence-corrected chi connectivity index (χ3v) is 3.49. The molecule has 0 spiro atoms. The summed E-state index contributed by atoms with van der Waals surface area (Å²) in [5, 5.41) is 3.17. The molecule has 0 fully saturated rings. The summed E-state index contributed by atoms with van der Waals surface area (Å²) in [5.74, 6) is 0. The number of likely N-dealkylation sites (N-methyl/N-ethyl adjacent to an activating group) is 1. The van der Waals surface area contributed by atoms with Crippen LogP contribution in [0, 0.1) is 6.92 Å². The lowest BCUT2D eigenvalue weighted by molar-refractivity contribution is 0.867. The molecule has 2 rings (SSSR count). The molecule has 0 N–H and O–H groups in total. The van der Waals surface area contributed by atoms with Crippen LogP contribution in [-0.4, -0.2) is 23.6 Å². The van der Waals surface area contributed by atoms with Crippen molar-refractivity contribution in [3.63, 3.8) is 0 Å². The molecule has 0 aromatic carbocycles. The van der Waals surface area contributed by atoms with Crippen molar-refractivity contribution in [1.29, 1.82) is 0 Å². The molecule has 0 bridgehead atoms. The minimum atomic E-state index is 0.983. The molecule has 0 amide bonds. The van der Waals surface area contributed by atoms with Crippen LogP contribution in [-0.2, 0) is 6.42 Å². The Labute approximate surface area is 99.8 Å². The van der Waals surface area contributed by atoms with Crippen molar-refractivity contribution in [1.82, 2.24) is 9.97 Å². The quantitative estimate of drug-likeness (QED) is 0.812. The lowest BCUT2D eigenvalue weighted by Crippen LogP contribution is -2.20. The molecule has 0 saturated carbocycles. The van der Waals surface area contributed by atoms with Gasteiger partial charge in [0.25, 0.3) is 0 Å². The van der Waals surface area contributed by atoms with Crippen molar-refractivity contribution in [2.24, 2.45) is 0 Å². The topological polar surface area (TPSA) is 29.0 Å². The third kappa shape index (κ3) is 2.79. The van der Waals surface area contributed by atoms with E-state index in [2.05, 4.69) is 39.4 Å². The van der Waals surface area contributed by atoms with Crippen LogP contribution >= 0.6 is 11.3 Å². The van der Waals surface area contributed by atoms with Crippen LogP contribution in [0.1, 0.15) is 11.3 Å². The molecule has 84 valence electrons. The Balaban J connectivity index is 1.91. The van der Waals surface area contributed by atoms with Crippen LogP contribution in [0.3, 0.4) is 0 Å². The molecule has 3 nitrogen and oxygen atoms in total. The predicted molar refractivity (Wildman–Crippen MR) is 68.1 cm³/mol. The van der Waals surface area contributed by atoms with Gasteiger partial charge in [0.2, 0.25) is 0 Å². The average molecular weight is 233 g/mol. The van der Waals surface area contributed by atoms with E-state index in [4.69, 9.17) is 0 Å². The Morgan fingerprint density at radius 3 is 2.69 bits per heavy atom. The van der Waals surface area contributed by atoms with Crippen LogP contribution in [0.2, 0.25) is 0 Å². The molecule has 0 atom stereocenters. The number of anilines is 1. The van der Waals surface area contributed by atoms with Gasteiger partial charge in [-0.2, -0.15) is 0 Å². The second-order valence-corrected chi connectivity index (χ2v) is 4.64. The van der Waals surface area contributed by atoms with Gasteiger partial charge in [-0.3, -0.25) is 4.98 Å². The van der Waals surface area contributed by atoms with Gasteiger partial charge in [-0.25, -0.2) is 4.98 Å². The van der Waals surface area contributed by atoms with Crippen LogP contribution in [0.5, 0.6) is 0 Å². The van der Waals surface area contributed by atoms with E-state index in [1.807, 2.05) is 19.3 Å². The first-order chi connectivity index (χ1) is 7.75. The monoisotopic (exact) mass is 233 g/mol. The molecule has 0 aliphatic carbocycles. The van der Waals surface area contributed by atoms with Gasteiger partial charge in [0.05, 0.1) is 5.69 Å². The van der Waals surface area contributed by atoms with Gasteiger partial charge < -0.3 is 4.90 Å². The number of hydrogen-bond acceptors (Lipinski definition) is 4. The van der Waals surface area contributed by atoms with Crippen LogP contribution in [0.25, 0.3) is 0 Å². The molecule has 4 heteroatoms. The van der Waals surface area contributed by atoms with E-state index in [0.717, 1.165) is 23.8 Å². The molecule has 0 radical (unpaired) electrons. The Bertz CT molecular complexity index is 439.